The van der Waals surface area contributed by atoms with Crippen LogP contribution < -0.4 is 10.5 Å². The minimum atomic E-state index is -0.348. The summed E-state index contributed by atoms with van der Waals surface area (Å²) < 4.78 is 20.1. The number of hydrogen-bond donors (Lipinski definition) is 1. The molecule has 0 saturated heterocycles. The summed E-state index contributed by atoms with van der Waals surface area (Å²) in [5.74, 6) is 0.117. The van der Waals surface area contributed by atoms with Gasteiger partial charge in [0.25, 0.3) is 0 Å². The molecule has 2 N–H and O–H groups in total. The predicted molar refractivity (Wildman–Crippen MR) is 60.1 cm³/mol. The van der Waals surface area contributed by atoms with Crippen molar-refractivity contribution in [3.05, 3.63) is 35.9 Å². The fourth-order valence-electron chi connectivity index (χ4n) is 1.43. The number of nitrogens with two attached hydrogens (primary N) is 1. The van der Waals surface area contributed by atoms with E-state index in [4.69, 9.17) is 10.5 Å². The number of aryl methyl sites for hydroxylation is 1. The molecule has 1 unspecified atom stereocenters. The first kappa shape index (κ1) is 11.5. The second kappa shape index (κ2) is 4.50. The van der Waals surface area contributed by atoms with Gasteiger partial charge in [-0.1, -0.05) is 0 Å². The van der Waals surface area contributed by atoms with Gasteiger partial charge in [-0.15, -0.1) is 5.10 Å². The maximum absolute atomic E-state index is 13.1. The lowest BCUT2D eigenvalue weighted by Crippen LogP contribution is -2.07. The number of rotatable bonds is 3. The first-order valence-electron chi connectivity index (χ1n) is 5.15. The third-order valence-corrected chi connectivity index (χ3v) is 2.24. The van der Waals surface area contributed by atoms with Crippen LogP contribution in [0.2, 0.25) is 0 Å². The molecule has 0 radical (unpaired) electrons. The third-order valence-electron chi connectivity index (χ3n) is 2.24. The van der Waals surface area contributed by atoms with E-state index >= 15 is 0 Å². The first-order chi connectivity index (χ1) is 8.06. The van der Waals surface area contributed by atoms with Crippen LogP contribution in [-0.4, -0.2) is 14.8 Å². The van der Waals surface area contributed by atoms with Crippen molar-refractivity contribution < 1.29 is 9.13 Å². The lowest BCUT2D eigenvalue weighted by molar-refractivity contribution is 0.429. The molecule has 0 aliphatic rings. The van der Waals surface area contributed by atoms with Crippen LogP contribution in [0.4, 0.5) is 4.39 Å². The monoisotopic (exact) mass is 236 g/mol. The summed E-state index contributed by atoms with van der Waals surface area (Å²) in [5, 5.41) is 3.98. The molecule has 0 aliphatic heterocycles. The quantitative estimate of drug-likeness (QED) is 0.881. The largest absolute Gasteiger partial charge is 0.423 e. The Morgan fingerprint density at radius 1 is 1.47 bits per heavy atom. The molecule has 0 fully saturated rings. The summed E-state index contributed by atoms with van der Waals surface area (Å²) in [4.78, 5) is 3.93. The first-order valence-corrected chi connectivity index (χ1v) is 5.15. The molecule has 2 rings (SSSR count). The smallest absolute Gasteiger partial charge is 0.340 e. The molecule has 1 atom stereocenters. The molecule has 0 amide bonds. The SMILES string of the molecule is CC(N)c1cc(F)ccc1Oc1ncn(C)n1. The Morgan fingerprint density at radius 3 is 2.82 bits per heavy atom. The van der Waals surface area contributed by atoms with Crippen LogP contribution in [0, 0.1) is 5.82 Å². The van der Waals surface area contributed by atoms with Crippen LogP contribution in [0.1, 0.15) is 18.5 Å². The highest BCUT2D eigenvalue weighted by molar-refractivity contribution is 5.37. The molecular weight excluding hydrogens is 223 g/mol. The van der Waals surface area contributed by atoms with Gasteiger partial charge in [0.05, 0.1) is 0 Å². The van der Waals surface area contributed by atoms with Gasteiger partial charge in [-0.05, 0) is 25.1 Å². The van der Waals surface area contributed by atoms with Gasteiger partial charge in [0.15, 0.2) is 0 Å². The zero-order valence-corrected chi connectivity index (χ0v) is 9.59. The van der Waals surface area contributed by atoms with Gasteiger partial charge in [-0.3, -0.25) is 4.68 Å². The van der Waals surface area contributed by atoms with Crippen molar-refractivity contribution in [3.8, 4) is 11.8 Å². The normalized spacial score (nSPS) is 12.5. The van der Waals surface area contributed by atoms with E-state index in [0.29, 0.717) is 11.3 Å². The van der Waals surface area contributed by atoms with E-state index in [9.17, 15) is 4.39 Å². The van der Waals surface area contributed by atoms with Crippen molar-refractivity contribution in [1.82, 2.24) is 14.8 Å². The Bertz CT molecular complexity index is 524. The third kappa shape index (κ3) is 2.59. The second-order valence-corrected chi connectivity index (χ2v) is 3.77. The zero-order valence-electron chi connectivity index (χ0n) is 9.59. The van der Waals surface area contributed by atoms with E-state index < -0.39 is 0 Å². The molecule has 1 heterocycles. The molecule has 1 aromatic carbocycles. The minimum Gasteiger partial charge on any atom is -0.423 e. The van der Waals surface area contributed by atoms with E-state index in [-0.39, 0.29) is 17.9 Å². The molecule has 6 heteroatoms. The Kier molecular flexibility index (Phi) is 3.06. The molecule has 0 bridgehead atoms. The molecule has 90 valence electrons. The topological polar surface area (TPSA) is 66.0 Å². The van der Waals surface area contributed by atoms with E-state index in [1.807, 2.05) is 0 Å². The van der Waals surface area contributed by atoms with Gasteiger partial charge in [0.1, 0.15) is 17.9 Å². The summed E-state index contributed by atoms with van der Waals surface area (Å²) in [6, 6.07) is 4.06. The molecule has 0 saturated carbocycles. The lowest BCUT2D eigenvalue weighted by Gasteiger charge is -2.11. The van der Waals surface area contributed by atoms with Gasteiger partial charge in [0.2, 0.25) is 0 Å². The molecule has 1 aromatic heterocycles. The van der Waals surface area contributed by atoms with Crippen molar-refractivity contribution in [2.45, 2.75) is 13.0 Å². The predicted octanol–water partition coefficient (Wildman–Crippen LogP) is 1.77. The van der Waals surface area contributed by atoms with Crippen LogP contribution in [0.15, 0.2) is 24.5 Å². The van der Waals surface area contributed by atoms with Gasteiger partial charge >= 0.3 is 6.01 Å². The van der Waals surface area contributed by atoms with E-state index in [2.05, 4.69) is 10.1 Å². The fraction of sp³-hybridized carbons (Fsp3) is 0.273. The summed E-state index contributed by atoms with van der Waals surface area (Å²) in [6.45, 7) is 1.76. The van der Waals surface area contributed by atoms with Crippen LogP contribution in [0.3, 0.4) is 0 Å². The van der Waals surface area contributed by atoms with Crippen LogP contribution >= 0.6 is 0 Å². The molecule has 0 spiro atoms. The second-order valence-electron chi connectivity index (χ2n) is 3.77. The zero-order chi connectivity index (χ0) is 12.4. The Labute approximate surface area is 98.0 Å². The highest BCUT2D eigenvalue weighted by Crippen LogP contribution is 2.27. The summed E-state index contributed by atoms with van der Waals surface area (Å²) >= 11 is 0. The number of nitrogens with zero attached hydrogens (tertiary/aromatic N) is 3. The van der Waals surface area contributed by atoms with E-state index in [0.717, 1.165) is 0 Å². The van der Waals surface area contributed by atoms with Crippen molar-refractivity contribution in [3.63, 3.8) is 0 Å². The molecule has 0 aliphatic carbocycles. The molecule has 2 aromatic rings. The lowest BCUT2D eigenvalue weighted by atomic mass is 10.1. The standard InChI is InChI=1S/C11H13FN4O/c1-7(13)9-5-8(12)3-4-10(9)17-11-14-6-16(2)15-11/h3-7H,13H2,1-2H3. The van der Waals surface area contributed by atoms with Crippen molar-refractivity contribution in [2.24, 2.45) is 12.8 Å². The molecular formula is C11H13FN4O. The highest BCUT2D eigenvalue weighted by atomic mass is 19.1. The van der Waals surface area contributed by atoms with Gasteiger partial charge < -0.3 is 10.5 Å². The number of benzene rings is 1. The average Bonchev–Trinajstić information content (AvgIpc) is 2.66. The van der Waals surface area contributed by atoms with Crippen LogP contribution in [-0.2, 0) is 7.05 Å². The maximum atomic E-state index is 13.1. The maximum Gasteiger partial charge on any atom is 0.340 e. The van der Waals surface area contributed by atoms with Crippen molar-refractivity contribution in [2.75, 3.05) is 0 Å². The van der Waals surface area contributed by atoms with Gasteiger partial charge in [-0.25, -0.2) is 4.39 Å². The Balaban J connectivity index is 2.32. The van der Waals surface area contributed by atoms with E-state index in [1.54, 1.807) is 14.0 Å². The van der Waals surface area contributed by atoms with Crippen molar-refractivity contribution in [1.29, 1.82) is 0 Å². The Morgan fingerprint density at radius 2 is 2.24 bits per heavy atom. The number of halogens is 1. The summed E-state index contributed by atoms with van der Waals surface area (Å²) in [7, 11) is 1.73. The number of hydrogen-bond acceptors (Lipinski definition) is 4. The van der Waals surface area contributed by atoms with Gasteiger partial charge in [0, 0.05) is 18.7 Å². The van der Waals surface area contributed by atoms with Crippen molar-refractivity contribution >= 4 is 0 Å². The molecule has 17 heavy (non-hydrogen) atoms. The fourth-order valence-corrected chi connectivity index (χ4v) is 1.43. The average molecular weight is 236 g/mol. The van der Waals surface area contributed by atoms with Crippen LogP contribution in [0.5, 0.6) is 11.8 Å². The number of ether oxygens (including phenoxy) is 1. The van der Waals surface area contributed by atoms with E-state index in [1.165, 1.54) is 29.2 Å². The summed E-state index contributed by atoms with van der Waals surface area (Å²) in [5.41, 5.74) is 6.33. The Hall–Kier alpha value is -1.95. The molecule has 5 nitrogen and oxygen atoms in total. The number of aromatic nitrogens is 3. The highest BCUT2D eigenvalue weighted by Gasteiger charge is 2.12. The van der Waals surface area contributed by atoms with Crippen LogP contribution in [0.25, 0.3) is 0 Å². The van der Waals surface area contributed by atoms with Gasteiger partial charge in [-0.2, -0.15) is 4.98 Å². The summed E-state index contributed by atoms with van der Waals surface area (Å²) in [6.07, 6.45) is 1.52. The minimum absolute atomic E-state index is 0.209.